The standard InChI is InChI=1S/C15H21N3O2/c1-3-8-18(15(19)20)11-4-5-14-13(9-11)12(6-7-16)10(2)17-14/h4-5,9,17H,3,6-8,16H2,1-2H3,(H,19,20). The summed E-state index contributed by atoms with van der Waals surface area (Å²) < 4.78 is 0. The molecule has 5 heteroatoms. The molecular weight excluding hydrogens is 254 g/mol. The fourth-order valence-corrected chi connectivity index (χ4v) is 2.56. The summed E-state index contributed by atoms with van der Waals surface area (Å²) >= 11 is 0. The molecular formula is C15H21N3O2. The third kappa shape index (κ3) is 2.63. The molecule has 0 spiro atoms. The molecule has 108 valence electrons. The van der Waals surface area contributed by atoms with Gasteiger partial charge in [0, 0.05) is 28.8 Å². The minimum Gasteiger partial charge on any atom is -0.465 e. The summed E-state index contributed by atoms with van der Waals surface area (Å²) in [5.41, 5.74) is 9.66. The van der Waals surface area contributed by atoms with Crippen LogP contribution in [-0.4, -0.2) is 29.3 Å². The molecule has 2 rings (SSSR count). The predicted octanol–water partition coefficient (Wildman–Crippen LogP) is 2.87. The van der Waals surface area contributed by atoms with Gasteiger partial charge >= 0.3 is 6.09 Å². The number of nitrogens with one attached hydrogen (secondary N) is 1. The van der Waals surface area contributed by atoms with E-state index in [1.807, 2.05) is 32.0 Å². The molecule has 5 nitrogen and oxygen atoms in total. The van der Waals surface area contributed by atoms with Gasteiger partial charge in [-0.05, 0) is 50.1 Å². The number of fused-ring (bicyclic) bond motifs is 1. The fraction of sp³-hybridized carbons (Fsp3) is 0.400. The van der Waals surface area contributed by atoms with E-state index < -0.39 is 6.09 Å². The van der Waals surface area contributed by atoms with E-state index in [0.717, 1.165) is 29.4 Å². The number of rotatable bonds is 5. The molecule has 20 heavy (non-hydrogen) atoms. The maximum absolute atomic E-state index is 11.3. The molecule has 0 atom stereocenters. The van der Waals surface area contributed by atoms with Crippen molar-refractivity contribution in [3.8, 4) is 0 Å². The summed E-state index contributed by atoms with van der Waals surface area (Å²) in [7, 11) is 0. The van der Waals surface area contributed by atoms with Crippen LogP contribution >= 0.6 is 0 Å². The van der Waals surface area contributed by atoms with Crippen molar-refractivity contribution in [2.75, 3.05) is 18.0 Å². The van der Waals surface area contributed by atoms with Crippen LogP contribution in [0, 0.1) is 6.92 Å². The van der Waals surface area contributed by atoms with Crippen molar-refractivity contribution in [2.45, 2.75) is 26.7 Å². The average Bonchev–Trinajstić information content (AvgIpc) is 2.72. The van der Waals surface area contributed by atoms with E-state index >= 15 is 0 Å². The molecule has 0 aliphatic heterocycles. The molecule has 0 unspecified atom stereocenters. The number of benzene rings is 1. The highest BCUT2D eigenvalue weighted by atomic mass is 16.4. The molecule has 0 bridgehead atoms. The van der Waals surface area contributed by atoms with E-state index in [1.165, 1.54) is 10.5 Å². The average molecular weight is 275 g/mol. The summed E-state index contributed by atoms with van der Waals surface area (Å²) in [6.07, 6.45) is 0.654. The van der Waals surface area contributed by atoms with Crippen LogP contribution in [0.4, 0.5) is 10.5 Å². The minimum atomic E-state index is -0.918. The summed E-state index contributed by atoms with van der Waals surface area (Å²) in [6.45, 7) is 5.06. The highest BCUT2D eigenvalue weighted by Crippen LogP contribution is 2.27. The molecule has 1 aromatic heterocycles. The number of amides is 1. The van der Waals surface area contributed by atoms with Gasteiger partial charge in [0.2, 0.25) is 0 Å². The van der Waals surface area contributed by atoms with Crippen LogP contribution in [-0.2, 0) is 6.42 Å². The lowest BCUT2D eigenvalue weighted by Gasteiger charge is -2.18. The van der Waals surface area contributed by atoms with Gasteiger partial charge in [-0.3, -0.25) is 4.90 Å². The SMILES string of the molecule is CCCN(C(=O)O)c1ccc2[nH]c(C)c(CCN)c2c1. The maximum Gasteiger partial charge on any atom is 0.411 e. The lowest BCUT2D eigenvalue weighted by Crippen LogP contribution is -2.29. The van der Waals surface area contributed by atoms with E-state index in [1.54, 1.807) is 0 Å². The monoisotopic (exact) mass is 275 g/mol. The second-order valence-corrected chi connectivity index (χ2v) is 4.93. The first-order valence-electron chi connectivity index (χ1n) is 6.90. The smallest absolute Gasteiger partial charge is 0.411 e. The third-order valence-corrected chi connectivity index (χ3v) is 3.49. The van der Waals surface area contributed by atoms with E-state index in [4.69, 9.17) is 5.73 Å². The second-order valence-electron chi connectivity index (χ2n) is 4.93. The maximum atomic E-state index is 11.3. The van der Waals surface area contributed by atoms with Gasteiger partial charge in [-0.2, -0.15) is 0 Å². The Hall–Kier alpha value is -2.01. The Morgan fingerprint density at radius 1 is 1.45 bits per heavy atom. The predicted molar refractivity (Wildman–Crippen MR) is 81.5 cm³/mol. The summed E-state index contributed by atoms with van der Waals surface area (Å²) in [5, 5.41) is 10.4. The van der Waals surface area contributed by atoms with Gasteiger partial charge in [-0.1, -0.05) is 6.92 Å². The van der Waals surface area contributed by atoms with Gasteiger partial charge in [-0.15, -0.1) is 0 Å². The number of aryl methyl sites for hydroxylation is 1. The number of nitrogens with two attached hydrogens (primary N) is 1. The number of H-pyrrole nitrogens is 1. The lowest BCUT2D eigenvalue weighted by atomic mass is 10.1. The Morgan fingerprint density at radius 3 is 2.80 bits per heavy atom. The molecule has 1 aromatic carbocycles. The first-order valence-corrected chi connectivity index (χ1v) is 6.90. The largest absolute Gasteiger partial charge is 0.465 e. The molecule has 1 heterocycles. The zero-order valence-corrected chi connectivity index (χ0v) is 11.9. The van der Waals surface area contributed by atoms with Gasteiger partial charge < -0.3 is 15.8 Å². The highest BCUT2D eigenvalue weighted by molar-refractivity contribution is 5.93. The molecule has 0 saturated heterocycles. The van der Waals surface area contributed by atoms with Gasteiger partial charge in [0.05, 0.1) is 0 Å². The second kappa shape index (κ2) is 5.96. The third-order valence-electron chi connectivity index (χ3n) is 3.49. The number of carbonyl (C=O) groups is 1. The fourth-order valence-electron chi connectivity index (χ4n) is 2.56. The zero-order chi connectivity index (χ0) is 14.7. The van der Waals surface area contributed by atoms with Gasteiger partial charge in [-0.25, -0.2) is 4.79 Å². The van der Waals surface area contributed by atoms with Crippen molar-refractivity contribution in [1.82, 2.24) is 4.98 Å². The van der Waals surface area contributed by atoms with Crippen LogP contribution in [0.25, 0.3) is 10.9 Å². The van der Waals surface area contributed by atoms with Crippen LogP contribution in [0.1, 0.15) is 24.6 Å². The topological polar surface area (TPSA) is 82.4 Å². The molecule has 0 saturated carbocycles. The van der Waals surface area contributed by atoms with E-state index in [2.05, 4.69) is 4.98 Å². The Morgan fingerprint density at radius 2 is 2.20 bits per heavy atom. The number of carboxylic acid groups (broad SMARTS) is 1. The summed E-state index contributed by atoms with van der Waals surface area (Å²) in [5.74, 6) is 0. The van der Waals surface area contributed by atoms with Crippen LogP contribution in [0.3, 0.4) is 0 Å². The van der Waals surface area contributed by atoms with E-state index in [9.17, 15) is 9.90 Å². The Balaban J connectivity index is 2.50. The molecule has 2 aromatic rings. The van der Waals surface area contributed by atoms with Crippen molar-refractivity contribution in [2.24, 2.45) is 5.73 Å². The molecule has 4 N–H and O–H groups in total. The van der Waals surface area contributed by atoms with Crippen molar-refractivity contribution in [1.29, 1.82) is 0 Å². The van der Waals surface area contributed by atoms with Crippen molar-refractivity contribution < 1.29 is 9.90 Å². The van der Waals surface area contributed by atoms with Crippen LogP contribution < -0.4 is 10.6 Å². The normalized spacial score (nSPS) is 10.9. The van der Waals surface area contributed by atoms with Gasteiger partial charge in [0.1, 0.15) is 0 Å². The van der Waals surface area contributed by atoms with Gasteiger partial charge in [0.25, 0.3) is 0 Å². The minimum absolute atomic E-state index is 0.496. The highest BCUT2D eigenvalue weighted by Gasteiger charge is 2.15. The Bertz CT molecular complexity index is 619. The van der Waals surface area contributed by atoms with Crippen LogP contribution in [0.15, 0.2) is 18.2 Å². The number of nitrogens with zero attached hydrogens (tertiary/aromatic N) is 1. The number of anilines is 1. The van der Waals surface area contributed by atoms with Gasteiger partial charge in [0.15, 0.2) is 0 Å². The molecule has 0 aliphatic rings. The van der Waals surface area contributed by atoms with Crippen molar-refractivity contribution in [3.63, 3.8) is 0 Å². The molecule has 0 aliphatic carbocycles. The lowest BCUT2D eigenvalue weighted by molar-refractivity contribution is 0.202. The van der Waals surface area contributed by atoms with Crippen molar-refractivity contribution in [3.05, 3.63) is 29.5 Å². The quantitative estimate of drug-likeness (QED) is 0.784. The molecule has 0 fully saturated rings. The number of hydrogen-bond acceptors (Lipinski definition) is 2. The first kappa shape index (κ1) is 14.4. The number of hydrogen-bond donors (Lipinski definition) is 3. The van der Waals surface area contributed by atoms with Crippen LogP contribution in [0.2, 0.25) is 0 Å². The van der Waals surface area contributed by atoms with E-state index in [0.29, 0.717) is 18.8 Å². The van der Waals surface area contributed by atoms with Crippen molar-refractivity contribution >= 4 is 22.7 Å². The summed E-state index contributed by atoms with van der Waals surface area (Å²) in [4.78, 5) is 16.0. The Kier molecular flexibility index (Phi) is 4.29. The first-order chi connectivity index (χ1) is 9.58. The number of aromatic amines is 1. The Labute approximate surface area is 118 Å². The molecule has 1 amide bonds. The molecule has 0 radical (unpaired) electrons. The summed E-state index contributed by atoms with van der Waals surface area (Å²) in [6, 6.07) is 5.71. The number of aromatic nitrogens is 1. The zero-order valence-electron chi connectivity index (χ0n) is 11.9. The van der Waals surface area contributed by atoms with Crippen LogP contribution in [0.5, 0.6) is 0 Å². The van der Waals surface area contributed by atoms with E-state index in [-0.39, 0.29) is 0 Å².